The van der Waals surface area contributed by atoms with E-state index < -0.39 is 0 Å². The smallest absolute Gasteiger partial charge is 0.234 e. The van der Waals surface area contributed by atoms with Crippen molar-refractivity contribution in [1.29, 1.82) is 0 Å². The number of carbonyl (C=O) groups is 1. The molecule has 1 amide bonds. The van der Waals surface area contributed by atoms with Crippen LogP contribution < -0.4 is 5.32 Å². The zero-order valence-electron chi connectivity index (χ0n) is 16.8. The van der Waals surface area contributed by atoms with Crippen LogP contribution in [0.5, 0.6) is 0 Å². The standard InChI is InChI=1S/C22H26N4OS/c1-5-19-24-25-21(26(19)18-9-7-6-8-10-18)28-15-20(27)23-17-13-11-16(12-14-17)22(2,3)4/h6-14H,5,15H2,1-4H3,(H,23,27). The van der Waals surface area contributed by atoms with Crippen LogP contribution in [0.25, 0.3) is 5.69 Å². The van der Waals surface area contributed by atoms with Gasteiger partial charge in [0.2, 0.25) is 5.91 Å². The highest BCUT2D eigenvalue weighted by atomic mass is 32.2. The van der Waals surface area contributed by atoms with Crippen molar-refractivity contribution >= 4 is 23.4 Å². The zero-order chi connectivity index (χ0) is 20.1. The van der Waals surface area contributed by atoms with E-state index in [1.807, 2.05) is 54.0 Å². The summed E-state index contributed by atoms with van der Waals surface area (Å²) in [5.41, 5.74) is 3.14. The van der Waals surface area contributed by atoms with Gasteiger partial charge in [-0.1, -0.05) is 69.8 Å². The molecule has 1 heterocycles. The molecule has 0 unspecified atom stereocenters. The number of amides is 1. The van der Waals surface area contributed by atoms with Crippen LogP contribution in [0.1, 0.15) is 39.1 Å². The number of para-hydroxylation sites is 1. The van der Waals surface area contributed by atoms with E-state index in [4.69, 9.17) is 0 Å². The zero-order valence-corrected chi connectivity index (χ0v) is 17.6. The molecule has 0 bridgehead atoms. The fraction of sp³-hybridized carbons (Fsp3) is 0.318. The van der Waals surface area contributed by atoms with Crippen LogP contribution in [0.15, 0.2) is 59.8 Å². The molecule has 0 radical (unpaired) electrons. The van der Waals surface area contributed by atoms with Crippen molar-refractivity contribution in [2.45, 2.75) is 44.7 Å². The number of nitrogens with zero attached hydrogens (tertiary/aromatic N) is 3. The Morgan fingerprint density at radius 1 is 1.04 bits per heavy atom. The lowest BCUT2D eigenvalue weighted by atomic mass is 9.87. The van der Waals surface area contributed by atoms with Gasteiger partial charge in [-0.3, -0.25) is 9.36 Å². The highest BCUT2D eigenvalue weighted by Gasteiger charge is 2.16. The van der Waals surface area contributed by atoms with Gasteiger partial charge in [0.05, 0.1) is 5.75 Å². The van der Waals surface area contributed by atoms with E-state index in [1.165, 1.54) is 17.3 Å². The van der Waals surface area contributed by atoms with Crippen LogP contribution in [-0.4, -0.2) is 26.4 Å². The van der Waals surface area contributed by atoms with Gasteiger partial charge in [-0.2, -0.15) is 0 Å². The molecule has 0 saturated heterocycles. The maximum absolute atomic E-state index is 12.4. The third-order valence-corrected chi connectivity index (χ3v) is 5.33. The van der Waals surface area contributed by atoms with Crippen molar-refractivity contribution in [2.24, 2.45) is 0 Å². The highest BCUT2D eigenvalue weighted by Crippen LogP contribution is 2.25. The molecule has 1 N–H and O–H groups in total. The Balaban J connectivity index is 1.66. The van der Waals surface area contributed by atoms with E-state index in [9.17, 15) is 4.79 Å². The van der Waals surface area contributed by atoms with Crippen molar-refractivity contribution < 1.29 is 4.79 Å². The van der Waals surface area contributed by atoms with Crippen LogP contribution in [0, 0.1) is 0 Å². The van der Waals surface area contributed by atoms with E-state index in [-0.39, 0.29) is 17.1 Å². The number of anilines is 1. The third kappa shape index (κ3) is 4.81. The maximum Gasteiger partial charge on any atom is 0.234 e. The summed E-state index contributed by atoms with van der Waals surface area (Å²) in [7, 11) is 0. The largest absolute Gasteiger partial charge is 0.325 e. The number of aryl methyl sites for hydroxylation is 1. The van der Waals surface area contributed by atoms with E-state index in [1.54, 1.807) is 0 Å². The first-order valence-corrected chi connectivity index (χ1v) is 10.4. The first-order chi connectivity index (χ1) is 13.4. The fourth-order valence-electron chi connectivity index (χ4n) is 2.84. The summed E-state index contributed by atoms with van der Waals surface area (Å²) in [6.45, 7) is 8.56. The van der Waals surface area contributed by atoms with E-state index in [0.717, 1.165) is 28.8 Å². The summed E-state index contributed by atoms with van der Waals surface area (Å²) in [6.07, 6.45) is 0.773. The molecule has 3 rings (SSSR count). The highest BCUT2D eigenvalue weighted by molar-refractivity contribution is 7.99. The number of nitrogens with one attached hydrogen (secondary N) is 1. The van der Waals surface area contributed by atoms with Crippen LogP contribution in [0.2, 0.25) is 0 Å². The molecule has 3 aromatic rings. The molecule has 0 saturated carbocycles. The summed E-state index contributed by atoms with van der Waals surface area (Å²) in [5, 5.41) is 12.2. The van der Waals surface area contributed by atoms with Gasteiger partial charge in [-0.05, 0) is 35.2 Å². The number of thioether (sulfide) groups is 1. The quantitative estimate of drug-likeness (QED) is 0.607. The number of carbonyl (C=O) groups excluding carboxylic acids is 1. The number of rotatable bonds is 6. The van der Waals surface area contributed by atoms with Crippen LogP contribution in [0.3, 0.4) is 0 Å². The Bertz CT molecular complexity index is 927. The lowest BCUT2D eigenvalue weighted by Gasteiger charge is -2.19. The molecule has 6 heteroatoms. The van der Waals surface area contributed by atoms with Crippen LogP contribution in [0.4, 0.5) is 5.69 Å². The summed E-state index contributed by atoms with van der Waals surface area (Å²) in [6, 6.07) is 18.0. The predicted octanol–water partition coefficient (Wildman–Crippen LogP) is 4.86. The Kier molecular flexibility index (Phi) is 6.19. The lowest BCUT2D eigenvalue weighted by molar-refractivity contribution is -0.113. The summed E-state index contributed by atoms with van der Waals surface area (Å²) in [5.74, 6) is 1.09. The molecule has 0 aliphatic carbocycles. The predicted molar refractivity (Wildman–Crippen MR) is 115 cm³/mol. The Hall–Kier alpha value is -2.60. The maximum atomic E-state index is 12.4. The molecule has 28 heavy (non-hydrogen) atoms. The second-order valence-electron chi connectivity index (χ2n) is 7.59. The van der Waals surface area contributed by atoms with Crippen molar-refractivity contribution in [3.05, 3.63) is 66.0 Å². The fourth-order valence-corrected chi connectivity index (χ4v) is 3.61. The van der Waals surface area contributed by atoms with Gasteiger partial charge < -0.3 is 5.32 Å². The topological polar surface area (TPSA) is 59.8 Å². The first kappa shape index (κ1) is 20.1. The number of aromatic nitrogens is 3. The summed E-state index contributed by atoms with van der Waals surface area (Å²) in [4.78, 5) is 12.4. The van der Waals surface area contributed by atoms with E-state index >= 15 is 0 Å². The SMILES string of the molecule is CCc1nnc(SCC(=O)Nc2ccc(C(C)(C)C)cc2)n1-c1ccccc1. The monoisotopic (exact) mass is 394 g/mol. The summed E-state index contributed by atoms with van der Waals surface area (Å²) < 4.78 is 2.01. The van der Waals surface area contributed by atoms with E-state index in [0.29, 0.717) is 0 Å². The molecule has 2 aromatic carbocycles. The third-order valence-electron chi connectivity index (χ3n) is 4.40. The molecular weight excluding hydrogens is 368 g/mol. The molecule has 0 fully saturated rings. The first-order valence-electron chi connectivity index (χ1n) is 9.41. The minimum Gasteiger partial charge on any atom is -0.325 e. The Morgan fingerprint density at radius 2 is 1.71 bits per heavy atom. The Labute approximate surface area is 170 Å². The lowest BCUT2D eigenvalue weighted by Crippen LogP contribution is -2.15. The van der Waals surface area contributed by atoms with E-state index in [2.05, 4.69) is 48.4 Å². The van der Waals surface area contributed by atoms with Gasteiger partial charge in [0, 0.05) is 17.8 Å². The van der Waals surface area contributed by atoms with Crippen molar-refractivity contribution in [3.8, 4) is 5.69 Å². The number of hydrogen-bond acceptors (Lipinski definition) is 4. The van der Waals surface area contributed by atoms with Gasteiger partial charge in [0.25, 0.3) is 0 Å². The van der Waals surface area contributed by atoms with Gasteiger partial charge in [-0.15, -0.1) is 10.2 Å². The van der Waals surface area contributed by atoms with Gasteiger partial charge in [-0.25, -0.2) is 0 Å². The van der Waals surface area contributed by atoms with Gasteiger partial charge in [0.15, 0.2) is 5.16 Å². The molecule has 146 valence electrons. The summed E-state index contributed by atoms with van der Waals surface area (Å²) >= 11 is 1.39. The van der Waals surface area contributed by atoms with Crippen molar-refractivity contribution in [3.63, 3.8) is 0 Å². The molecule has 1 aromatic heterocycles. The van der Waals surface area contributed by atoms with Gasteiger partial charge >= 0.3 is 0 Å². The molecule has 5 nitrogen and oxygen atoms in total. The van der Waals surface area contributed by atoms with Gasteiger partial charge in [0.1, 0.15) is 5.82 Å². The molecule has 0 aliphatic rings. The Morgan fingerprint density at radius 3 is 2.32 bits per heavy atom. The molecule has 0 atom stereocenters. The number of hydrogen-bond donors (Lipinski definition) is 1. The van der Waals surface area contributed by atoms with Crippen LogP contribution >= 0.6 is 11.8 Å². The molecule has 0 spiro atoms. The molecule has 0 aliphatic heterocycles. The second kappa shape index (κ2) is 8.61. The average Bonchev–Trinajstić information content (AvgIpc) is 3.10. The number of benzene rings is 2. The normalized spacial score (nSPS) is 11.4. The second-order valence-corrected chi connectivity index (χ2v) is 8.53. The van der Waals surface area contributed by atoms with Crippen LogP contribution in [-0.2, 0) is 16.6 Å². The molecular formula is C22H26N4OS. The minimum absolute atomic E-state index is 0.0610. The van der Waals surface area contributed by atoms with Crippen molar-refractivity contribution in [1.82, 2.24) is 14.8 Å². The van der Waals surface area contributed by atoms with Crippen molar-refractivity contribution in [2.75, 3.05) is 11.1 Å². The minimum atomic E-state index is -0.0610. The average molecular weight is 395 g/mol.